The van der Waals surface area contributed by atoms with E-state index < -0.39 is 25.1 Å². The Hall–Kier alpha value is -4.47. The van der Waals surface area contributed by atoms with E-state index in [0.29, 0.717) is 6.42 Å². The zero-order valence-electron chi connectivity index (χ0n) is 19.3. The number of esters is 1. The minimum Gasteiger partial charge on any atom is -0.497 e. The fourth-order valence-electron chi connectivity index (χ4n) is 3.20. The first kappa shape index (κ1) is 26.1. The molecule has 0 atom stereocenters. The summed E-state index contributed by atoms with van der Waals surface area (Å²) in [5.74, 6) is -1.41. The summed E-state index contributed by atoms with van der Waals surface area (Å²) in [6.45, 7) is -3.74. The van der Waals surface area contributed by atoms with Crippen LogP contribution in [0.4, 0.5) is 20.2 Å². The van der Waals surface area contributed by atoms with E-state index in [1.54, 1.807) is 37.4 Å². The van der Waals surface area contributed by atoms with Crippen LogP contribution in [0.5, 0.6) is 11.5 Å². The molecule has 8 nitrogen and oxygen atoms in total. The predicted molar refractivity (Wildman–Crippen MR) is 128 cm³/mol. The Morgan fingerprint density at radius 3 is 2.17 bits per heavy atom. The summed E-state index contributed by atoms with van der Waals surface area (Å²) < 4.78 is 39.6. The number of nitrogens with one attached hydrogen (secondary N) is 2. The van der Waals surface area contributed by atoms with Crippen molar-refractivity contribution >= 4 is 29.2 Å². The lowest BCUT2D eigenvalue weighted by Crippen LogP contribution is -2.22. The van der Waals surface area contributed by atoms with Crippen LogP contribution in [-0.4, -0.2) is 38.1 Å². The third-order valence-corrected chi connectivity index (χ3v) is 4.93. The van der Waals surface area contributed by atoms with Crippen LogP contribution in [-0.2, 0) is 20.7 Å². The Balaban J connectivity index is 1.54. The zero-order valence-corrected chi connectivity index (χ0v) is 19.3. The van der Waals surface area contributed by atoms with E-state index in [2.05, 4.69) is 15.4 Å². The molecule has 0 unspecified atom stereocenters. The van der Waals surface area contributed by atoms with Gasteiger partial charge in [0.05, 0.1) is 24.0 Å². The molecule has 36 heavy (non-hydrogen) atoms. The fourth-order valence-corrected chi connectivity index (χ4v) is 3.20. The molecule has 0 saturated heterocycles. The van der Waals surface area contributed by atoms with Crippen molar-refractivity contribution < 1.29 is 37.4 Å². The summed E-state index contributed by atoms with van der Waals surface area (Å²) in [7, 11) is 1.57. The normalized spacial score (nSPS) is 10.4. The minimum atomic E-state index is -3.07. The number of hydrogen-bond acceptors (Lipinski definition) is 6. The van der Waals surface area contributed by atoms with E-state index in [-0.39, 0.29) is 35.0 Å². The smallest absolute Gasteiger partial charge is 0.387 e. The van der Waals surface area contributed by atoms with Crippen LogP contribution >= 0.6 is 0 Å². The van der Waals surface area contributed by atoms with E-state index in [1.165, 1.54) is 30.3 Å². The van der Waals surface area contributed by atoms with Crippen molar-refractivity contribution in [3.63, 3.8) is 0 Å². The lowest BCUT2D eigenvalue weighted by molar-refractivity contribution is -0.119. The van der Waals surface area contributed by atoms with Crippen molar-refractivity contribution in [3.05, 3.63) is 83.9 Å². The van der Waals surface area contributed by atoms with Gasteiger partial charge in [-0.15, -0.1) is 0 Å². The van der Waals surface area contributed by atoms with Crippen LogP contribution in [0.25, 0.3) is 0 Å². The Bertz CT molecular complexity index is 1200. The van der Waals surface area contributed by atoms with Crippen molar-refractivity contribution in [2.45, 2.75) is 19.5 Å². The number of aryl methyl sites for hydroxylation is 1. The van der Waals surface area contributed by atoms with E-state index >= 15 is 0 Å². The van der Waals surface area contributed by atoms with Gasteiger partial charge in [0.15, 0.2) is 6.61 Å². The molecular formula is C26H24F2N2O6. The van der Waals surface area contributed by atoms with Crippen molar-refractivity contribution in [3.8, 4) is 11.5 Å². The predicted octanol–water partition coefficient (Wildman–Crippen LogP) is 4.66. The topological polar surface area (TPSA) is 103 Å². The Morgan fingerprint density at radius 2 is 1.47 bits per heavy atom. The molecule has 0 aliphatic heterocycles. The van der Waals surface area contributed by atoms with Gasteiger partial charge in [-0.3, -0.25) is 9.59 Å². The molecule has 0 aliphatic rings. The summed E-state index contributed by atoms with van der Waals surface area (Å²) in [6, 6.07) is 19.2. The molecule has 0 radical (unpaired) electrons. The highest BCUT2D eigenvalue weighted by Crippen LogP contribution is 2.25. The minimum absolute atomic E-state index is 0.00312. The number of rotatable bonds is 11. The molecule has 3 aromatic carbocycles. The molecule has 0 heterocycles. The van der Waals surface area contributed by atoms with Crippen molar-refractivity contribution in [2.75, 3.05) is 24.4 Å². The number of alkyl halides is 2. The average molecular weight is 498 g/mol. The van der Waals surface area contributed by atoms with Crippen LogP contribution in [0.15, 0.2) is 72.8 Å². The van der Waals surface area contributed by atoms with Gasteiger partial charge in [0.2, 0.25) is 5.91 Å². The van der Waals surface area contributed by atoms with Crippen LogP contribution in [0.1, 0.15) is 22.3 Å². The maximum absolute atomic E-state index is 12.6. The van der Waals surface area contributed by atoms with Gasteiger partial charge < -0.3 is 24.8 Å². The third kappa shape index (κ3) is 7.79. The van der Waals surface area contributed by atoms with E-state index in [0.717, 1.165) is 11.3 Å². The second-order valence-electron chi connectivity index (χ2n) is 7.44. The number of carbonyl (C=O) groups is 3. The molecule has 2 amide bonds. The number of para-hydroxylation sites is 3. The summed E-state index contributed by atoms with van der Waals surface area (Å²) in [5, 5.41) is 5.04. The second kappa shape index (κ2) is 12.8. The van der Waals surface area contributed by atoms with Gasteiger partial charge in [0, 0.05) is 6.42 Å². The summed E-state index contributed by atoms with van der Waals surface area (Å²) in [6.07, 6.45) is 0.664. The standard InChI is InChI=1S/C26H24F2N2O6/c1-34-18-13-10-17(11-14-18)12-15-23(31)29-20-7-3-2-6-19(20)25(33)35-16-24(32)30-21-8-4-5-9-22(21)36-26(27)28/h2-11,13-14,26H,12,15-16H2,1H3,(H,29,31)(H,30,32). The number of ether oxygens (including phenoxy) is 3. The highest BCUT2D eigenvalue weighted by atomic mass is 19.3. The number of methoxy groups -OCH3 is 1. The van der Waals surface area contributed by atoms with Crippen molar-refractivity contribution in [1.29, 1.82) is 0 Å². The lowest BCUT2D eigenvalue weighted by Gasteiger charge is -2.13. The van der Waals surface area contributed by atoms with Crippen LogP contribution in [0.2, 0.25) is 0 Å². The van der Waals surface area contributed by atoms with Gasteiger partial charge in [0.1, 0.15) is 11.5 Å². The number of hydrogen-bond donors (Lipinski definition) is 2. The summed E-state index contributed by atoms with van der Waals surface area (Å²) >= 11 is 0. The van der Waals surface area contributed by atoms with Gasteiger partial charge in [-0.1, -0.05) is 36.4 Å². The maximum Gasteiger partial charge on any atom is 0.387 e. The van der Waals surface area contributed by atoms with E-state index in [1.807, 2.05) is 12.1 Å². The van der Waals surface area contributed by atoms with Gasteiger partial charge >= 0.3 is 12.6 Å². The van der Waals surface area contributed by atoms with E-state index in [9.17, 15) is 23.2 Å². The Labute approximate surface area is 206 Å². The molecule has 3 aromatic rings. The number of carbonyl (C=O) groups excluding carboxylic acids is 3. The first-order chi connectivity index (χ1) is 17.4. The molecule has 0 aromatic heterocycles. The number of halogens is 2. The van der Waals surface area contributed by atoms with E-state index in [4.69, 9.17) is 9.47 Å². The van der Waals surface area contributed by atoms with Gasteiger partial charge in [-0.2, -0.15) is 8.78 Å². The highest BCUT2D eigenvalue weighted by Gasteiger charge is 2.17. The number of anilines is 2. The zero-order chi connectivity index (χ0) is 25.9. The molecule has 3 rings (SSSR count). The molecule has 0 fully saturated rings. The summed E-state index contributed by atoms with van der Waals surface area (Å²) in [5.41, 5.74) is 1.25. The SMILES string of the molecule is COc1ccc(CCC(=O)Nc2ccccc2C(=O)OCC(=O)Nc2ccccc2OC(F)F)cc1. The van der Waals surface area contributed by atoms with Gasteiger partial charge in [-0.05, 0) is 48.4 Å². The molecule has 10 heteroatoms. The van der Waals surface area contributed by atoms with Crippen molar-refractivity contribution in [2.24, 2.45) is 0 Å². The Morgan fingerprint density at radius 1 is 0.833 bits per heavy atom. The summed E-state index contributed by atoms with van der Waals surface area (Å²) in [4.78, 5) is 37.2. The van der Waals surface area contributed by atoms with Crippen LogP contribution in [0, 0.1) is 0 Å². The van der Waals surface area contributed by atoms with Crippen LogP contribution < -0.4 is 20.1 Å². The Kier molecular flexibility index (Phi) is 9.33. The van der Waals surface area contributed by atoms with Crippen LogP contribution in [0.3, 0.4) is 0 Å². The highest BCUT2D eigenvalue weighted by molar-refractivity contribution is 6.02. The number of amides is 2. The van der Waals surface area contributed by atoms with Gasteiger partial charge in [0.25, 0.3) is 5.91 Å². The maximum atomic E-state index is 12.6. The molecular weight excluding hydrogens is 474 g/mol. The molecule has 0 aliphatic carbocycles. The molecule has 0 spiro atoms. The molecule has 0 saturated carbocycles. The molecule has 188 valence electrons. The number of benzene rings is 3. The van der Waals surface area contributed by atoms with Crippen molar-refractivity contribution in [1.82, 2.24) is 0 Å². The second-order valence-corrected chi connectivity index (χ2v) is 7.44. The first-order valence-corrected chi connectivity index (χ1v) is 10.9. The van der Waals surface area contributed by atoms with Gasteiger partial charge in [-0.25, -0.2) is 4.79 Å². The molecule has 2 N–H and O–H groups in total. The fraction of sp³-hybridized carbons (Fsp3) is 0.192. The quantitative estimate of drug-likeness (QED) is 0.373. The first-order valence-electron chi connectivity index (χ1n) is 10.9. The average Bonchev–Trinajstić information content (AvgIpc) is 2.87. The monoisotopic (exact) mass is 498 g/mol. The largest absolute Gasteiger partial charge is 0.497 e. The third-order valence-electron chi connectivity index (χ3n) is 4.93. The lowest BCUT2D eigenvalue weighted by atomic mass is 10.1. The molecule has 0 bridgehead atoms.